The highest BCUT2D eigenvalue weighted by molar-refractivity contribution is 5.82. The molecule has 2 aliphatic rings. The predicted octanol–water partition coefficient (Wildman–Crippen LogP) is 3.25. The number of para-hydroxylation sites is 1. The molecule has 4 heteroatoms. The van der Waals surface area contributed by atoms with Crippen molar-refractivity contribution in [2.75, 3.05) is 26.2 Å². The zero-order chi connectivity index (χ0) is 16.4. The monoisotopic (exact) mass is 325 g/mol. The van der Waals surface area contributed by atoms with Gasteiger partial charge in [-0.2, -0.15) is 0 Å². The lowest BCUT2D eigenvalue weighted by Gasteiger charge is -2.30. The van der Waals surface area contributed by atoms with Crippen LogP contribution in [-0.4, -0.2) is 46.5 Å². The predicted molar refractivity (Wildman–Crippen MR) is 96.9 cm³/mol. The molecular formula is C20H27N3O. The topological polar surface area (TPSA) is 28.5 Å². The standard InChI is InChI=1S/C20H27N3O/c24-20(9-12-21-10-5-1-2-6-11-21)22-13-14-23-18(16-22)15-17-7-3-4-8-19(17)23/h3-4,7-8,15H,1-2,5-6,9-14,16H2. The Bertz CT molecular complexity index is 713. The van der Waals surface area contributed by atoms with Crippen LogP contribution in [0.3, 0.4) is 0 Å². The number of nitrogens with zero attached hydrogens (tertiary/aromatic N) is 3. The summed E-state index contributed by atoms with van der Waals surface area (Å²) in [6, 6.07) is 10.7. The molecule has 0 N–H and O–H groups in total. The van der Waals surface area contributed by atoms with Gasteiger partial charge in [0.05, 0.1) is 6.54 Å². The Morgan fingerprint density at radius 2 is 1.75 bits per heavy atom. The average molecular weight is 325 g/mol. The van der Waals surface area contributed by atoms with E-state index >= 15 is 0 Å². The van der Waals surface area contributed by atoms with E-state index < -0.39 is 0 Å². The molecule has 2 aliphatic heterocycles. The first-order valence-electron chi connectivity index (χ1n) is 9.38. The molecule has 4 nitrogen and oxygen atoms in total. The third kappa shape index (κ3) is 3.20. The molecule has 0 atom stereocenters. The maximum Gasteiger partial charge on any atom is 0.224 e. The fourth-order valence-electron chi connectivity index (χ4n) is 4.14. The highest BCUT2D eigenvalue weighted by Gasteiger charge is 2.22. The van der Waals surface area contributed by atoms with Crippen molar-refractivity contribution in [1.82, 2.24) is 14.4 Å². The minimum absolute atomic E-state index is 0.316. The first kappa shape index (κ1) is 15.7. The molecule has 1 amide bonds. The Balaban J connectivity index is 1.38. The van der Waals surface area contributed by atoms with Crippen LogP contribution in [0.5, 0.6) is 0 Å². The maximum atomic E-state index is 12.6. The molecule has 2 aromatic rings. The van der Waals surface area contributed by atoms with E-state index in [0.29, 0.717) is 12.3 Å². The Morgan fingerprint density at radius 1 is 0.958 bits per heavy atom. The van der Waals surface area contributed by atoms with Gasteiger partial charge >= 0.3 is 0 Å². The normalized spacial score (nSPS) is 19.2. The molecule has 24 heavy (non-hydrogen) atoms. The first-order chi connectivity index (χ1) is 11.8. The number of rotatable bonds is 3. The molecule has 0 spiro atoms. The second-order valence-electron chi connectivity index (χ2n) is 7.17. The van der Waals surface area contributed by atoms with Crippen molar-refractivity contribution in [1.29, 1.82) is 0 Å². The number of likely N-dealkylation sites (tertiary alicyclic amines) is 1. The molecule has 0 radical (unpaired) electrons. The minimum atomic E-state index is 0.316. The van der Waals surface area contributed by atoms with Gasteiger partial charge in [-0.3, -0.25) is 4.79 Å². The maximum absolute atomic E-state index is 12.6. The number of carbonyl (C=O) groups is 1. The van der Waals surface area contributed by atoms with Gasteiger partial charge in [0.2, 0.25) is 5.91 Å². The van der Waals surface area contributed by atoms with Crippen LogP contribution >= 0.6 is 0 Å². The van der Waals surface area contributed by atoms with Crippen LogP contribution in [0.25, 0.3) is 10.9 Å². The van der Waals surface area contributed by atoms with Crippen molar-refractivity contribution < 1.29 is 4.79 Å². The summed E-state index contributed by atoms with van der Waals surface area (Å²) in [7, 11) is 0. The molecule has 0 unspecified atom stereocenters. The molecule has 3 heterocycles. The number of hydrogen-bond donors (Lipinski definition) is 0. The van der Waals surface area contributed by atoms with Gasteiger partial charge in [0.1, 0.15) is 0 Å². The average Bonchev–Trinajstić information content (AvgIpc) is 2.78. The summed E-state index contributed by atoms with van der Waals surface area (Å²) in [5.74, 6) is 0.316. The first-order valence-corrected chi connectivity index (χ1v) is 9.38. The molecular weight excluding hydrogens is 298 g/mol. The van der Waals surface area contributed by atoms with Gasteiger partial charge in [-0.1, -0.05) is 31.0 Å². The summed E-state index contributed by atoms with van der Waals surface area (Å²) in [5.41, 5.74) is 2.56. The second kappa shape index (κ2) is 6.98. The molecule has 0 bridgehead atoms. The van der Waals surface area contributed by atoms with Crippen molar-refractivity contribution in [3.05, 3.63) is 36.0 Å². The second-order valence-corrected chi connectivity index (χ2v) is 7.17. The lowest BCUT2D eigenvalue weighted by Crippen LogP contribution is -2.39. The van der Waals surface area contributed by atoms with Crippen molar-refractivity contribution in [2.45, 2.75) is 45.2 Å². The van der Waals surface area contributed by atoms with Gasteiger partial charge in [-0.25, -0.2) is 0 Å². The molecule has 128 valence electrons. The van der Waals surface area contributed by atoms with Crippen molar-refractivity contribution in [2.24, 2.45) is 0 Å². The Morgan fingerprint density at radius 3 is 2.58 bits per heavy atom. The Kier molecular flexibility index (Phi) is 4.56. The van der Waals surface area contributed by atoms with Crippen molar-refractivity contribution >= 4 is 16.8 Å². The summed E-state index contributed by atoms with van der Waals surface area (Å²) >= 11 is 0. The summed E-state index contributed by atoms with van der Waals surface area (Å²) in [4.78, 5) is 17.2. The fraction of sp³-hybridized carbons (Fsp3) is 0.550. The van der Waals surface area contributed by atoms with Crippen LogP contribution in [0, 0.1) is 0 Å². The van der Waals surface area contributed by atoms with E-state index in [0.717, 1.165) is 26.2 Å². The molecule has 0 aliphatic carbocycles. The van der Waals surface area contributed by atoms with Gasteiger partial charge < -0.3 is 14.4 Å². The third-order valence-corrected chi connectivity index (χ3v) is 5.54. The van der Waals surface area contributed by atoms with E-state index in [1.165, 1.54) is 55.4 Å². The lowest BCUT2D eigenvalue weighted by atomic mass is 10.2. The highest BCUT2D eigenvalue weighted by Crippen LogP contribution is 2.24. The SMILES string of the molecule is O=C(CCN1CCCCCC1)N1CCn2c(cc3ccccc32)C1. The van der Waals surface area contributed by atoms with E-state index in [1.807, 2.05) is 4.90 Å². The number of hydrogen-bond acceptors (Lipinski definition) is 2. The van der Waals surface area contributed by atoms with Crippen LogP contribution in [-0.2, 0) is 17.9 Å². The van der Waals surface area contributed by atoms with Crippen LogP contribution < -0.4 is 0 Å². The van der Waals surface area contributed by atoms with E-state index in [9.17, 15) is 4.79 Å². The van der Waals surface area contributed by atoms with E-state index in [4.69, 9.17) is 0 Å². The molecule has 1 aromatic heterocycles. The quantitative estimate of drug-likeness (QED) is 0.867. The van der Waals surface area contributed by atoms with Gasteiger partial charge in [-0.05, 0) is 43.5 Å². The van der Waals surface area contributed by atoms with Crippen molar-refractivity contribution in [3.8, 4) is 0 Å². The van der Waals surface area contributed by atoms with E-state index in [-0.39, 0.29) is 0 Å². The summed E-state index contributed by atoms with van der Waals surface area (Å²) in [6.07, 6.45) is 5.94. The smallest absolute Gasteiger partial charge is 0.224 e. The number of carbonyl (C=O) groups excluding carboxylic acids is 1. The van der Waals surface area contributed by atoms with Crippen LogP contribution in [0.4, 0.5) is 0 Å². The van der Waals surface area contributed by atoms with E-state index in [2.05, 4.69) is 39.8 Å². The molecule has 4 rings (SSSR count). The van der Waals surface area contributed by atoms with Gasteiger partial charge in [0.25, 0.3) is 0 Å². The van der Waals surface area contributed by atoms with Crippen LogP contribution in [0.15, 0.2) is 30.3 Å². The molecule has 1 saturated heterocycles. The van der Waals surface area contributed by atoms with Crippen molar-refractivity contribution in [3.63, 3.8) is 0 Å². The number of amides is 1. The van der Waals surface area contributed by atoms with Gasteiger partial charge in [-0.15, -0.1) is 0 Å². The largest absolute Gasteiger partial charge is 0.341 e. The van der Waals surface area contributed by atoms with Crippen LogP contribution in [0.2, 0.25) is 0 Å². The minimum Gasteiger partial charge on any atom is -0.341 e. The zero-order valence-electron chi connectivity index (χ0n) is 14.4. The summed E-state index contributed by atoms with van der Waals surface area (Å²) in [5, 5.41) is 1.28. The van der Waals surface area contributed by atoms with E-state index in [1.54, 1.807) is 0 Å². The highest BCUT2D eigenvalue weighted by atomic mass is 16.2. The number of benzene rings is 1. The lowest BCUT2D eigenvalue weighted by molar-refractivity contribution is -0.133. The van der Waals surface area contributed by atoms with Crippen LogP contribution in [0.1, 0.15) is 37.8 Å². The molecule has 1 aromatic carbocycles. The van der Waals surface area contributed by atoms with Gasteiger partial charge in [0, 0.05) is 37.3 Å². The Hall–Kier alpha value is -1.81. The molecule has 1 fully saturated rings. The number of fused-ring (bicyclic) bond motifs is 3. The summed E-state index contributed by atoms with van der Waals surface area (Å²) < 4.78 is 2.37. The summed E-state index contributed by atoms with van der Waals surface area (Å²) in [6.45, 7) is 5.78. The third-order valence-electron chi connectivity index (χ3n) is 5.54. The molecule has 0 saturated carbocycles. The Labute approximate surface area is 144 Å². The number of aromatic nitrogens is 1. The fourth-order valence-corrected chi connectivity index (χ4v) is 4.14. The zero-order valence-corrected chi connectivity index (χ0v) is 14.4. The van der Waals surface area contributed by atoms with Gasteiger partial charge in [0.15, 0.2) is 0 Å².